The Morgan fingerprint density at radius 2 is 1.91 bits per heavy atom. The molecule has 0 spiro atoms. The fraction of sp³-hybridized carbons (Fsp3) is 0.333. The summed E-state index contributed by atoms with van der Waals surface area (Å²) < 4.78 is 11.9. The van der Waals surface area contributed by atoms with Gasteiger partial charge in [0.15, 0.2) is 11.5 Å². The third-order valence-electron chi connectivity index (χ3n) is 4.90. The van der Waals surface area contributed by atoms with Crippen molar-refractivity contribution in [2.75, 3.05) is 19.8 Å². The maximum Gasteiger partial charge on any atom is 0.293 e. The topological polar surface area (TPSA) is 76.1 Å². The Morgan fingerprint density at radius 1 is 1.16 bits per heavy atom. The third kappa shape index (κ3) is 5.48. The minimum absolute atomic E-state index is 0.00181. The molecule has 6 nitrogen and oxygen atoms in total. The zero-order chi connectivity index (χ0) is 23.4. The molecule has 170 valence electrons. The average molecular weight is 520 g/mol. The van der Waals surface area contributed by atoms with Crippen LogP contribution in [0.25, 0.3) is 6.08 Å². The Hall–Kier alpha value is -2.45. The summed E-state index contributed by atoms with van der Waals surface area (Å²) >= 11 is 4.27. The fourth-order valence-electron chi connectivity index (χ4n) is 3.26. The normalized spacial score (nSPS) is 15.2. The summed E-state index contributed by atoms with van der Waals surface area (Å²) in [5.74, 6) is 1.02. The number of aromatic hydroxyl groups is 1. The van der Waals surface area contributed by atoms with E-state index in [1.807, 2.05) is 32.0 Å². The van der Waals surface area contributed by atoms with E-state index in [-0.39, 0.29) is 30.0 Å². The van der Waals surface area contributed by atoms with Crippen LogP contribution in [-0.2, 0) is 4.79 Å². The Kier molecular flexibility index (Phi) is 7.90. The number of carbonyl (C=O) groups is 2. The van der Waals surface area contributed by atoms with E-state index in [1.165, 1.54) is 11.0 Å². The van der Waals surface area contributed by atoms with Crippen molar-refractivity contribution < 1.29 is 24.2 Å². The molecule has 0 bridgehead atoms. The molecule has 2 aromatic rings. The van der Waals surface area contributed by atoms with Gasteiger partial charge in [-0.3, -0.25) is 14.5 Å². The molecular weight excluding hydrogens is 494 g/mol. The van der Waals surface area contributed by atoms with Gasteiger partial charge in [-0.1, -0.05) is 41.9 Å². The molecule has 0 aromatic heterocycles. The van der Waals surface area contributed by atoms with Crippen LogP contribution in [0.15, 0.2) is 39.7 Å². The van der Waals surface area contributed by atoms with Crippen LogP contribution in [0.3, 0.4) is 0 Å². The Balaban J connectivity index is 1.72. The molecule has 0 radical (unpaired) electrons. The van der Waals surface area contributed by atoms with Gasteiger partial charge in [-0.15, -0.1) is 0 Å². The van der Waals surface area contributed by atoms with E-state index in [0.29, 0.717) is 33.2 Å². The quantitative estimate of drug-likeness (QED) is 0.424. The van der Waals surface area contributed by atoms with Gasteiger partial charge in [0.25, 0.3) is 11.1 Å². The number of rotatable bonds is 8. The van der Waals surface area contributed by atoms with Crippen LogP contribution in [0.4, 0.5) is 4.79 Å². The van der Waals surface area contributed by atoms with Crippen LogP contribution in [0.2, 0.25) is 0 Å². The fourth-order valence-corrected chi connectivity index (χ4v) is 4.57. The van der Waals surface area contributed by atoms with Gasteiger partial charge in [-0.25, -0.2) is 0 Å². The van der Waals surface area contributed by atoms with Gasteiger partial charge in [0.1, 0.15) is 12.4 Å². The summed E-state index contributed by atoms with van der Waals surface area (Å²) in [5, 5.41) is 9.65. The number of hydrogen-bond donors (Lipinski definition) is 1. The molecule has 0 aliphatic carbocycles. The molecule has 2 amide bonds. The maximum atomic E-state index is 12.8. The third-order valence-corrected chi connectivity index (χ3v) is 6.50. The predicted molar refractivity (Wildman–Crippen MR) is 130 cm³/mol. The molecule has 1 aliphatic rings. The zero-order valence-electron chi connectivity index (χ0n) is 18.5. The zero-order valence-corrected chi connectivity index (χ0v) is 20.9. The number of phenols is 1. The highest BCUT2D eigenvalue weighted by molar-refractivity contribution is 9.10. The summed E-state index contributed by atoms with van der Waals surface area (Å²) in [6.45, 7) is 8.77. The standard InChI is InChI=1S/C24H26BrNO5S/c1-5-30-21-11-16(18(25)13-19(21)27)12-22-23(28)26(24(29)32-22)8-9-31-20-10-15(4)6-7-17(20)14(2)3/h6-7,10-14,27H,5,8-9H2,1-4H3/b22-12-. The lowest BCUT2D eigenvalue weighted by Crippen LogP contribution is -2.32. The average Bonchev–Trinajstić information content (AvgIpc) is 2.99. The van der Waals surface area contributed by atoms with Gasteiger partial charge < -0.3 is 14.6 Å². The first-order valence-electron chi connectivity index (χ1n) is 10.3. The molecule has 1 fully saturated rings. The van der Waals surface area contributed by atoms with E-state index >= 15 is 0 Å². The molecule has 0 saturated carbocycles. The van der Waals surface area contributed by atoms with Crippen LogP contribution < -0.4 is 9.47 Å². The lowest BCUT2D eigenvalue weighted by molar-refractivity contribution is -0.123. The first-order valence-corrected chi connectivity index (χ1v) is 12.0. The molecule has 1 saturated heterocycles. The largest absolute Gasteiger partial charge is 0.504 e. The number of aryl methyl sites for hydroxylation is 1. The van der Waals surface area contributed by atoms with E-state index in [1.54, 1.807) is 12.1 Å². The van der Waals surface area contributed by atoms with Crippen molar-refractivity contribution in [2.24, 2.45) is 0 Å². The summed E-state index contributed by atoms with van der Waals surface area (Å²) in [4.78, 5) is 26.8. The van der Waals surface area contributed by atoms with Crippen LogP contribution in [-0.4, -0.2) is 40.9 Å². The number of nitrogens with zero attached hydrogens (tertiary/aromatic N) is 1. The monoisotopic (exact) mass is 519 g/mol. The van der Waals surface area contributed by atoms with E-state index in [0.717, 1.165) is 28.6 Å². The van der Waals surface area contributed by atoms with Crippen molar-refractivity contribution in [2.45, 2.75) is 33.6 Å². The van der Waals surface area contributed by atoms with Crippen molar-refractivity contribution in [3.8, 4) is 17.2 Å². The Bertz CT molecular complexity index is 1070. The number of hydrogen-bond acceptors (Lipinski definition) is 6. The molecule has 1 N–H and O–H groups in total. The van der Waals surface area contributed by atoms with Gasteiger partial charge in [-0.2, -0.15) is 0 Å². The second-order valence-corrected chi connectivity index (χ2v) is 9.50. The lowest BCUT2D eigenvalue weighted by Gasteiger charge is -2.17. The van der Waals surface area contributed by atoms with Crippen molar-refractivity contribution in [3.63, 3.8) is 0 Å². The van der Waals surface area contributed by atoms with Gasteiger partial charge in [0.05, 0.1) is 18.1 Å². The molecule has 8 heteroatoms. The Morgan fingerprint density at radius 3 is 2.59 bits per heavy atom. The first kappa shape index (κ1) is 24.2. The highest BCUT2D eigenvalue weighted by atomic mass is 79.9. The number of benzene rings is 2. The minimum Gasteiger partial charge on any atom is -0.504 e. The Labute approximate surface area is 200 Å². The van der Waals surface area contributed by atoms with Crippen molar-refractivity contribution in [3.05, 3.63) is 56.4 Å². The smallest absolute Gasteiger partial charge is 0.293 e. The SMILES string of the molecule is CCOc1cc(/C=C2\SC(=O)N(CCOc3cc(C)ccc3C(C)C)C2=O)c(Br)cc1O. The predicted octanol–water partition coefficient (Wildman–Crippen LogP) is 6.10. The van der Waals surface area contributed by atoms with Crippen LogP contribution in [0.1, 0.15) is 43.4 Å². The molecule has 1 aliphatic heterocycles. The molecule has 2 aromatic carbocycles. The van der Waals surface area contributed by atoms with Gasteiger partial charge in [0, 0.05) is 4.47 Å². The van der Waals surface area contributed by atoms with Crippen LogP contribution in [0, 0.1) is 6.92 Å². The van der Waals surface area contributed by atoms with E-state index in [9.17, 15) is 14.7 Å². The molecule has 3 rings (SSSR count). The summed E-state index contributed by atoms with van der Waals surface area (Å²) in [6.07, 6.45) is 1.62. The number of phenolic OH excluding ortho intramolecular Hbond substituents is 1. The maximum absolute atomic E-state index is 12.8. The highest BCUT2D eigenvalue weighted by Crippen LogP contribution is 2.37. The summed E-state index contributed by atoms with van der Waals surface area (Å²) in [6, 6.07) is 9.20. The molecule has 0 unspecified atom stereocenters. The number of imide groups is 1. The molecule has 0 atom stereocenters. The number of carbonyl (C=O) groups excluding carboxylic acids is 2. The van der Waals surface area contributed by atoms with Gasteiger partial charge in [0.2, 0.25) is 0 Å². The summed E-state index contributed by atoms with van der Waals surface area (Å²) in [5.41, 5.74) is 2.81. The molecule has 32 heavy (non-hydrogen) atoms. The first-order chi connectivity index (χ1) is 15.2. The second-order valence-electron chi connectivity index (χ2n) is 7.65. The van der Waals surface area contributed by atoms with Gasteiger partial charge >= 0.3 is 0 Å². The van der Waals surface area contributed by atoms with Crippen molar-refractivity contribution >= 4 is 44.9 Å². The number of thioether (sulfide) groups is 1. The number of halogens is 1. The van der Waals surface area contributed by atoms with Crippen LogP contribution >= 0.6 is 27.7 Å². The highest BCUT2D eigenvalue weighted by Gasteiger charge is 2.35. The van der Waals surface area contributed by atoms with E-state index in [2.05, 4.69) is 29.8 Å². The second kappa shape index (κ2) is 10.4. The van der Waals surface area contributed by atoms with E-state index in [4.69, 9.17) is 9.47 Å². The number of amides is 2. The lowest BCUT2D eigenvalue weighted by atomic mass is 10.0. The van der Waals surface area contributed by atoms with Crippen molar-refractivity contribution in [1.82, 2.24) is 4.90 Å². The van der Waals surface area contributed by atoms with Crippen molar-refractivity contribution in [1.29, 1.82) is 0 Å². The molecule has 1 heterocycles. The number of ether oxygens (including phenoxy) is 2. The summed E-state index contributed by atoms with van der Waals surface area (Å²) in [7, 11) is 0. The van der Waals surface area contributed by atoms with Gasteiger partial charge in [-0.05, 0) is 72.5 Å². The minimum atomic E-state index is -0.366. The van der Waals surface area contributed by atoms with Crippen LogP contribution in [0.5, 0.6) is 17.2 Å². The molecular formula is C24H26BrNO5S. The van der Waals surface area contributed by atoms with E-state index < -0.39 is 0 Å².